The average molecular weight is 671 g/mol. The zero-order valence-corrected chi connectivity index (χ0v) is 28.8. The summed E-state index contributed by atoms with van der Waals surface area (Å²) < 4.78 is 44.9. The highest BCUT2D eigenvalue weighted by molar-refractivity contribution is 5.92. The molecule has 1 aromatic heterocycles. The van der Waals surface area contributed by atoms with Crippen LogP contribution in [0.4, 0.5) is 0 Å². The van der Waals surface area contributed by atoms with Crippen LogP contribution in [0.1, 0.15) is 98.7 Å². The van der Waals surface area contributed by atoms with Gasteiger partial charge in [0.05, 0.1) is 25.2 Å². The largest absolute Gasteiger partial charge is 0.511 e. The molecule has 0 aromatic carbocycles. The number of carbonyl (C=O) groups is 3. The Morgan fingerprint density at radius 2 is 1.79 bits per heavy atom. The normalized spacial score (nSPS) is 50.6. The summed E-state index contributed by atoms with van der Waals surface area (Å²) >= 11 is 0. The van der Waals surface area contributed by atoms with Crippen molar-refractivity contribution in [3.63, 3.8) is 0 Å². The third-order valence-electron chi connectivity index (χ3n) is 14.1. The van der Waals surface area contributed by atoms with E-state index in [1.165, 1.54) is 26.6 Å². The van der Waals surface area contributed by atoms with Crippen molar-refractivity contribution in [3.05, 3.63) is 35.5 Å². The maximum Gasteiger partial charge on any atom is 0.338 e. The van der Waals surface area contributed by atoms with Gasteiger partial charge in [0, 0.05) is 48.0 Å². The molecule has 0 amide bonds. The lowest BCUT2D eigenvalue weighted by molar-refractivity contribution is -0.477. The molecule has 0 radical (unpaired) electrons. The number of aliphatic hydroxyl groups excluding tert-OH is 1. The molecule has 48 heavy (non-hydrogen) atoms. The summed E-state index contributed by atoms with van der Waals surface area (Å²) in [6.45, 7) is 12.8. The van der Waals surface area contributed by atoms with E-state index in [-0.39, 0.29) is 42.5 Å². The van der Waals surface area contributed by atoms with Crippen LogP contribution in [0.3, 0.4) is 0 Å². The van der Waals surface area contributed by atoms with Gasteiger partial charge < -0.3 is 43.1 Å². The Morgan fingerprint density at radius 1 is 1.08 bits per heavy atom. The number of fused-ring (bicyclic) bond motifs is 3. The van der Waals surface area contributed by atoms with Crippen molar-refractivity contribution in [2.45, 2.75) is 128 Å². The number of hydrogen-bond acceptors (Lipinski definition) is 12. The Bertz CT molecular complexity index is 1650. The number of ether oxygens (including phenoxy) is 6. The Morgan fingerprint density at radius 3 is 2.40 bits per heavy atom. The molecule has 1 aromatic rings. The van der Waals surface area contributed by atoms with Gasteiger partial charge in [-0.05, 0) is 43.1 Å². The Hall–Kier alpha value is -2.93. The van der Waals surface area contributed by atoms with Crippen molar-refractivity contribution in [2.24, 2.45) is 34.0 Å². The van der Waals surface area contributed by atoms with Gasteiger partial charge in [0.2, 0.25) is 0 Å². The SMILES string of the molecule is CCC12OC34C5/C(=C(/O)C(C)C)C(=O)OC3C3(O)CC6(C)CC3(O1)C(C)(C6CC(=O)OC)C4(CCC5(C)C(OC(C)=O)c1ccoc1)O2. The molecule has 4 bridgehead atoms. The smallest absolute Gasteiger partial charge is 0.338 e. The van der Waals surface area contributed by atoms with E-state index >= 15 is 0 Å². The van der Waals surface area contributed by atoms with Crippen LogP contribution in [0.5, 0.6) is 0 Å². The molecule has 8 rings (SSSR count). The molecule has 262 valence electrons. The van der Waals surface area contributed by atoms with E-state index in [1.54, 1.807) is 19.9 Å². The maximum atomic E-state index is 14.5. The van der Waals surface area contributed by atoms with Crippen LogP contribution >= 0.6 is 0 Å². The lowest BCUT2D eigenvalue weighted by atomic mass is 9.33. The number of hydrogen-bond donors (Lipinski definition) is 2. The van der Waals surface area contributed by atoms with Crippen LogP contribution in [-0.2, 0) is 42.8 Å². The number of furan rings is 1. The van der Waals surface area contributed by atoms with Gasteiger partial charge in [0.15, 0.2) is 11.7 Å². The molecule has 12 atom stereocenters. The number of allylic oxidation sites excluding steroid dienone is 1. The molecule has 4 aliphatic carbocycles. The highest BCUT2D eigenvalue weighted by Gasteiger charge is 3.02. The first kappa shape index (κ1) is 32.3. The molecule has 7 fully saturated rings. The van der Waals surface area contributed by atoms with E-state index in [1.807, 2.05) is 20.8 Å². The van der Waals surface area contributed by atoms with Gasteiger partial charge in [-0.2, -0.15) is 0 Å². The number of rotatable bonds is 7. The molecular weight excluding hydrogens is 624 g/mol. The highest BCUT2D eigenvalue weighted by Crippen LogP contribution is 2.90. The maximum absolute atomic E-state index is 14.5. The number of methoxy groups -OCH3 is 1. The molecule has 7 aliphatic rings. The van der Waals surface area contributed by atoms with Crippen molar-refractivity contribution in [1.29, 1.82) is 0 Å². The zero-order valence-electron chi connectivity index (χ0n) is 28.8. The minimum absolute atomic E-state index is 0.00447. The van der Waals surface area contributed by atoms with E-state index in [9.17, 15) is 24.6 Å². The molecule has 4 saturated carbocycles. The summed E-state index contributed by atoms with van der Waals surface area (Å²) in [6, 6.07) is 1.72. The minimum Gasteiger partial charge on any atom is -0.511 e. The average Bonchev–Trinajstić information content (AvgIpc) is 3.73. The first-order chi connectivity index (χ1) is 22.4. The van der Waals surface area contributed by atoms with Gasteiger partial charge in [0.25, 0.3) is 5.97 Å². The predicted molar refractivity (Wildman–Crippen MR) is 163 cm³/mol. The van der Waals surface area contributed by atoms with Crippen molar-refractivity contribution in [1.82, 2.24) is 0 Å². The molecule has 4 heterocycles. The van der Waals surface area contributed by atoms with Gasteiger partial charge in [-0.15, -0.1) is 0 Å². The molecule has 12 heteroatoms. The summed E-state index contributed by atoms with van der Waals surface area (Å²) in [7, 11) is 1.36. The van der Waals surface area contributed by atoms with Crippen molar-refractivity contribution in [2.75, 3.05) is 7.11 Å². The molecule has 3 saturated heterocycles. The van der Waals surface area contributed by atoms with E-state index in [0.29, 0.717) is 24.8 Å². The standard InChI is InChI=1S/C36H46O12/c1-9-35-46-33-12-11-30(6,26(44-19(4)37)20-10-13-43-15-20)25-23(24(39)18(2)3)27(40)45-28(36(25,33)48-35)32(41)16-29(5)17-34(32,47-35)31(33,7)21(29)14-22(38)42-8/h10,13,15,18,21,25-26,28,39,41H,9,11-12,14,16-17H2,1-8H3/b24-23-. The van der Waals surface area contributed by atoms with Crippen LogP contribution in [0.25, 0.3) is 0 Å². The van der Waals surface area contributed by atoms with Crippen LogP contribution in [-0.4, -0.2) is 69.7 Å². The van der Waals surface area contributed by atoms with Crippen molar-refractivity contribution in [3.8, 4) is 0 Å². The number of carbonyl (C=O) groups excluding carboxylic acids is 3. The van der Waals surface area contributed by atoms with Gasteiger partial charge in [0.1, 0.15) is 28.7 Å². The summed E-state index contributed by atoms with van der Waals surface area (Å²) in [4.78, 5) is 40.5. The lowest BCUT2D eigenvalue weighted by Gasteiger charge is -2.77. The molecule has 12 nitrogen and oxygen atoms in total. The minimum atomic E-state index is -1.76. The number of aliphatic hydroxyl groups is 2. The third kappa shape index (κ3) is 3.13. The highest BCUT2D eigenvalue weighted by atomic mass is 16.9. The first-order valence-corrected chi connectivity index (χ1v) is 17.1. The number of esters is 3. The second-order valence-electron chi connectivity index (χ2n) is 16.5. The molecular formula is C36H46O12. The topological polar surface area (TPSA) is 160 Å². The quantitative estimate of drug-likeness (QED) is 0.177. The second-order valence-corrected chi connectivity index (χ2v) is 16.5. The van der Waals surface area contributed by atoms with Crippen molar-refractivity contribution >= 4 is 17.9 Å². The fourth-order valence-corrected chi connectivity index (χ4v) is 12.7. The van der Waals surface area contributed by atoms with Gasteiger partial charge in [-0.1, -0.05) is 41.5 Å². The van der Waals surface area contributed by atoms with Crippen LogP contribution in [0.15, 0.2) is 34.3 Å². The van der Waals surface area contributed by atoms with E-state index in [4.69, 9.17) is 32.8 Å². The molecule has 2 N–H and O–H groups in total. The van der Waals surface area contributed by atoms with E-state index in [0.717, 1.165) is 0 Å². The van der Waals surface area contributed by atoms with Crippen LogP contribution in [0.2, 0.25) is 0 Å². The van der Waals surface area contributed by atoms with Gasteiger partial charge >= 0.3 is 17.9 Å². The Kier molecular flexibility index (Phi) is 6.21. The second kappa shape index (κ2) is 9.24. The fraction of sp³-hybridized carbons (Fsp3) is 0.750. The van der Waals surface area contributed by atoms with E-state index in [2.05, 4.69) is 6.92 Å². The predicted octanol–water partition coefficient (Wildman–Crippen LogP) is 4.79. The first-order valence-electron chi connectivity index (χ1n) is 17.1. The summed E-state index contributed by atoms with van der Waals surface area (Å²) in [5.74, 6) is -5.42. The monoisotopic (exact) mass is 670 g/mol. The van der Waals surface area contributed by atoms with Gasteiger partial charge in [-0.3, -0.25) is 9.59 Å². The Balaban J connectivity index is 1.48. The molecule has 12 unspecified atom stereocenters. The van der Waals surface area contributed by atoms with Crippen LogP contribution in [0, 0.1) is 34.0 Å². The lowest BCUT2D eigenvalue weighted by Crippen LogP contribution is -2.92. The van der Waals surface area contributed by atoms with Crippen molar-refractivity contribution < 1.29 is 57.4 Å². The molecule has 3 aliphatic heterocycles. The summed E-state index contributed by atoms with van der Waals surface area (Å²) in [5.41, 5.74) is -8.25. The summed E-state index contributed by atoms with van der Waals surface area (Å²) in [6.07, 6.45) is 2.30. The zero-order chi connectivity index (χ0) is 34.7. The van der Waals surface area contributed by atoms with Gasteiger partial charge in [-0.25, -0.2) is 4.79 Å². The Labute approximate surface area is 279 Å². The fourth-order valence-electron chi connectivity index (χ4n) is 12.7. The third-order valence-corrected chi connectivity index (χ3v) is 14.1. The van der Waals surface area contributed by atoms with E-state index < -0.39 is 80.6 Å². The van der Waals surface area contributed by atoms with Crippen LogP contribution < -0.4 is 0 Å². The summed E-state index contributed by atoms with van der Waals surface area (Å²) in [5, 5.41) is 25.3. The molecule has 3 spiro atoms.